The Hall–Kier alpha value is -0.860. The fourth-order valence-electron chi connectivity index (χ4n) is 3.54. The molecule has 2 unspecified atom stereocenters. The van der Waals surface area contributed by atoms with Crippen LogP contribution in [0.4, 0.5) is 0 Å². The van der Waals surface area contributed by atoms with Gasteiger partial charge in [-0.25, -0.2) is 0 Å². The monoisotopic (exact) mass is 244 g/mol. The molecule has 0 radical (unpaired) electrons. The average Bonchev–Trinajstić information content (AvgIpc) is 3.00. The van der Waals surface area contributed by atoms with Crippen molar-refractivity contribution >= 4 is 0 Å². The molecule has 1 aromatic rings. The second-order valence-electron chi connectivity index (χ2n) is 5.93. The third kappa shape index (κ3) is 2.60. The second-order valence-corrected chi connectivity index (χ2v) is 5.93. The van der Waals surface area contributed by atoms with Gasteiger partial charge < -0.3 is 5.32 Å². The van der Waals surface area contributed by atoms with Crippen LogP contribution in [-0.2, 0) is 13.0 Å². The molecule has 2 aliphatic rings. The molecule has 2 heteroatoms. The van der Waals surface area contributed by atoms with Crippen LogP contribution in [0.5, 0.6) is 0 Å². The number of rotatable bonds is 5. The van der Waals surface area contributed by atoms with Crippen LogP contribution in [0.3, 0.4) is 0 Å². The van der Waals surface area contributed by atoms with E-state index in [-0.39, 0.29) is 0 Å². The van der Waals surface area contributed by atoms with Crippen LogP contribution >= 0.6 is 0 Å². The van der Waals surface area contributed by atoms with Crippen LogP contribution in [-0.4, -0.2) is 31.1 Å². The number of likely N-dealkylation sites (N-methyl/N-ethyl adjacent to an activating group) is 1. The summed E-state index contributed by atoms with van der Waals surface area (Å²) in [6.45, 7) is 3.56. The second kappa shape index (κ2) is 5.41. The van der Waals surface area contributed by atoms with Crippen molar-refractivity contribution in [2.45, 2.75) is 38.3 Å². The number of hydrogen-bond acceptors (Lipinski definition) is 2. The van der Waals surface area contributed by atoms with E-state index in [0.717, 1.165) is 31.5 Å². The molecule has 18 heavy (non-hydrogen) atoms. The van der Waals surface area contributed by atoms with Gasteiger partial charge in [0.25, 0.3) is 0 Å². The summed E-state index contributed by atoms with van der Waals surface area (Å²) >= 11 is 0. The maximum Gasteiger partial charge on any atom is 0.0236 e. The van der Waals surface area contributed by atoms with Gasteiger partial charge in [0.15, 0.2) is 0 Å². The molecule has 1 saturated carbocycles. The lowest BCUT2D eigenvalue weighted by atomic mass is 10.1. The zero-order valence-corrected chi connectivity index (χ0v) is 11.4. The average molecular weight is 244 g/mol. The van der Waals surface area contributed by atoms with Crippen molar-refractivity contribution in [3.8, 4) is 0 Å². The Balaban J connectivity index is 1.56. The minimum absolute atomic E-state index is 0.888. The number of likely N-dealkylation sites (tertiary alicyclic amines) is 1. The van der Waals surface area contributed by atoms with Gasteiger partial charge in [-0.2, -0.15) is 0 Å². The van der Waals surface area contributed by atoms with E-state index in [2.05, 4.69) is 34.5 Å². The van der Waals surface area contributed by atoms with E-state index in [9.17, 15) is 0 Å². The van der Waals surface area contributed by atoms with Gasteiger partial charge in [-0.3, -0.25) is 4.90 Å². The van der Waals surface area contributed by atoms with Gasteiger partial charge in [0, 0.05) is 19.1 Å². The predicted octanol–water partition coefficient (Wildman–Crippen LogP) is 2.43. The van der Waals surface area contributed by atoms with Crippen molar-refractivity contribution in [3.05, 3.63) is 35.4 Å². The van der Waals surface area contributed by atoms with Gasteiger partial charge in [-0.1, -0.05) is 24.3 Å². The summed E-state index contributed by atoms with van der Waals surface area (Å²) in [5.41, 5.74) is 2.92. The minimum Gasteiger partial charge on any atom is -0.319 e. The van der Waals surface area contributed by atoms with Gasteiger partial charge >= 0.3 is 0 Å². The molecule has 1 aliphatic heterocycles. The van der Waals surface area contributed by atoms with Crippen LogP contribution in [0, 0.1) is 5.92 Å². The van der Waals surface area contributed by atoms with Crippen molar-refractivity contribution in [2.24, 2.45) is 5.92 Å². The Kier molecular flexibility index (Phi) is 3.67. The van der Waals surface area contributed by atoms with Gasteiger partial charge in [0.05, 0.1) is 0 Å². The third-order valence-electron chi connectivity index (χ3n) is 4.59. The van der Waals surface area contributed by atoms with Crippen molar-refractivity contribution in [1.29, 1.82) is 0 Å². The maximum absolute atomic E-state index is 3.20. The summed E-state index contributed by atoms with van der Waals surface area (Å²) in [4.78, 5) is 2.69. The van der Waals surface area contributed by atoms with E-state index in [0.29, 0.717) is 0 Å². The van der Waals surface area contributed by atoms with Crippen molar-refractivity contribution in [3.63, 3.8) is 0 Å². The lowest BCUT2D eigenvalue weighted by Gasteiger charge is -2.26. The van der Waals surface area contributed by atoms with Crippen LogP contribution in [0.2, 0.25) is 0 Å². The van der Waals surface area contributed by atoms with Gasteiger partial charge in [-0.15, -0.1) is 0 Å². The molecule has 2 fully saturated rings. The van der Waals surface area contributed by atoms with Crippen LogP contribution in [0.25, 0.3) is 0 Å². The Labute approximate surface area is 110 Å². The van der Waals surface area contributed by atoms with Crippen LogP contribution < -0.4 is 5.32 Å². The lowest BCUT2D eigenvalue weighted by Crippen LogP contribution is -2.31. The Morgan fingerprint density at radius 1 is 1.17 bits per heavy atom. The summed E-state index contributed by atoms with van der Waals surface area (Å²) in [6.07, 6.45) is 5.50. The zero-order valence-electron chi connectivity index (χ0n) is 11.4. The summed E-state index contributed by atoms with van der Waals surface area (Å²) in [5.74, 6) is 1.00. The molecular weight excluding hydrogens is 220 g/mol. The first-order chi connectivity index (χ1) is 8.85. The fourth-order valence-corrected chi connectivity index (χ4v) is 3.54. The smallest absolute Gasteiger partial charge is 0.0236 e. The summed E-state index contributed by atoms with van der Waals surface area (Å²) < 4.78 is 0. The Morgan fingerprint density at radius 3 is 2.56 bits per heavy atom. The first-order valence-electron chi connectivity index (χ1n) is 7.31. The van der Waals surface area contributed by atoms with Gasteiger partial charge in [0.2, 0.25) is 0 Å². The number of nitrogens with one attached hydrogen (secondary N) is 1. The van der Waals surface area contributed by atoms with Gasteiger partial charge in [-0.05, 0) is 56.3 Å². The lowest BCUT2D eigenvalue weighted by molar-refractivity contribution is 0.205. The number of benzene rings is 1. The van der Waals surface area contributed by atoms with E-state index in [4.69, 9.17) is 0 Å². The van der Waals surface area contributed by atoms with E-state index >= 15 is 0 Å². The van der Waals surface area contributed by atoms with Crippen LogP contribution in [0.1, 0.15) is 30.4 Å². The fraction of sp³-hybridized carbons (Fsp3) is 0.625. The molecule has 0 spiro atoms. The molecule has 2 bridgehead atoms. The first kappa shape index (κ1) is 12.2. The normalized spacial score (nSPS) is 26.9. The number of fused-ring (bicyclic) bond motifs is 2. The highest BCUT2D eigenvalue weighted by molar-refractivity contribution is 5.23. The molecule has 0 amide bonds. The van der Waals surface area contributed by atoms with E-state index in [1.165, 1.54) is 36.9 Å². The molecule has 0 aromatic heterocycles. The highest BCUT2D eigenvalue weighted by Crippen LogP contribution is 2.38. The van der Waals surface area contributed by atoms with Crippen LogP contribution in [0.15, 0.2) is 24.3 Å². The molecule has 2 atom stereocenters. The topological polar surface area (TPSA) is 15.3 Å². The number of hydrogen-bond donors (Lipinski definition) is 1. The first-order valence-corrected chi connectivity index (χ1v) is 7.31. The molecule has 1 saturated heterocycles. The highest BCUT2D eigenvalue weighted by Gasteiger charge is 2.37. The molecule has 2 nitrogen and oxygen atoms in total. The van der Waals surface area contributed by atoms with E-state index in [1.54, 1.807) is 0 Å². The molecule has 1 N–H and O–H groups in total. The quantitative estimate of drug-likeness (QED) is 0.856. The van der Waals surface area contributed by atoms with Gasteiger partial charge in [0.1, 0.15) is 0 Å². The SMILES string of the molecule is CNCCc1ccc(CN2CC3CCC2C3)cc1. The number of nitrogens with zero attached hydrogens (tertiary/aromatic N) is 1. The number of piperidine rings is 1. The predicted molar refractivity (Wildman–Crippen MR) is 75.6 cm³/mol. The molecular formula is C16H24N2. The van der Waals surface area contributed by atoms with E-state index in [1.807, 2.05) is 7.05 Å². The zero-order chi connectivity index (χ0) is 12.4. The largest absolute Gasteiger partial charge is 0.319 e. The Bertz CT molecular complexity index is 385. The molecule has 3 rings (SSSR count). The Morgan fingerprint density at radius 2 is 1.94 bits per heavy atom. The third-order valence-corrected chi connectivity index (χ3v) is 4.59. The maximum atomic E-state index is 3.20. The molecule has 1 aliphatic carbocycles. The highest BCUT2D eigenvalue weighted by atomic mass is 15.2. The summed E-state index contributed by atoms with van der Waals surface area (Å²) in [6, 6.07) is 10.1. The summed E-state index contributed by atoms with van der Waals surface area (Å²) in [7, 11) is 2.01. The summed E-state index contributed by atoms with van der Waals surface area (Å²) in [5, 5.41) is 3.20. The van der Waals surface area contributed by atoms with Crippen molar-refractivity contribution < 1.29 is 0 Å². The standard InChI is InChI=1S/C16H24N2/c1-17-9-8-13-2-4-14(5-3-13)11-18-12-15-6-7-16(18)10-15/h2-5,15-17H,6-12H2,1H3. The van der Waals surface area contributed by atoms with Crippen molar-refractivity contribution in [1.82, 2.24) is 10.2 Å². The van der Waals surface area contributed by atoms with Crippen molar-refractivity contribution in [2.75, 3.05) is 20.1 Å². The van der Waals surface area contributed by atoms with E-state index < -0.39 is 0 Å². The molecule has 98 valence electrons. The molecule has 1 heterocycles. The minimum atomic E-state index is 0.888. The molecule has 1 aromatic carbocycles.